The maximum Gasteiger partial charge on any atom is 0.166 e. The van der Waals surface area contributed by atoms with Gasteiger partial charge in [0.05, 0.1) is 5.02 Å². The normalized spacial score (nSPS) is 10.8. The van der Waals surface area contributed by atoms with E-state index in [1.54, 1.807) is 17.5 Å². The molecule has 4 nitrogen and oxygen atoms in total. The van der Waals surface area contributed by atoms with Gasteiger partial charge in [-0.25, -0.2) is 0 Å². The highest BCUT2D eigenvalue weighted by Gasteiger charge is 2.07. The van der Waals surface area contributed by atoms with Gasteiger partial charge in [-0.1, -0.05) is 29.9 Å². The lowest BCUT2D eigenvalue weighted by atomic mass is 10.3. The molecule has 0 saturated heterocycles. The third-order valence-corrected chi connectivity index (χ3v) is 3.81. The lowest BCUT2D eigenvalue weighted by Crippen LogP contribution is -2.16. The first-order chi connectivity index (χ1) is 9.29. The minimum absolute atomic E-state index is 0.635. The Kier molecular flexibility index (Phi) is 5.69. The van der Waals surface area contributed by atoms with Crippen molar-refractivity contribution >= 4 is 22.9 Å². The molecule has 2 aromatic rings. The monoisotopic (exact) mass is 296 g/mol. The topological polar surface area (TPSA) is 50.7 Å². The van der Waals surface area contributed by atoms with Crippen molar-refractivity contribution in [3.8, 4) is 10.7 Å². The number of rotatable bonds is 7. The molecule has 0 saturated carbocycles. The molecule has 0 unspecified atom stereocenters. The van der Waals surface area contributed by atoms with E-state index in [1.807, 2.05) is 12.1 Å². The lowest BCUT2D eigenvalue weighted by molar-refractivity contribution is 0.637. The van der Waals surface area contributed by atoms with E-state index < -0.39 is 0 Å². The number of aryl methyl sites for hydroxylation is 1. The Hall–Kier alpha value is -1.04. The van der Waals surface area contributed by atoms with Crippen molar-refractivity contribution in [1.82, 2.24) is 20.5 Å². The van der Waals surface area contributed by atoms with Gasteiger partial charge in [-0.15, -0.1) is 10.2 Å². The molecule has 19 heavy (non-hydrogen) atoms. The molecule has 0 spiro atoms. The molecule has 2 aromatic heterocycles. The zero-order valence-corrected chi connectivity index (χ0v) is 12.5. The van der Waals surface area contributed by atoms with Gasteiger partial charge >= 0.3 is 0 Å². The second-order valence-electron chi connectivity index (χ2n) is 4.22. The van der Waals surface area contributed by atoms with Crippen LogP contribution in [0.25, 0.3) is 10.7 Å². The van der Waals surface area contributed by atoms with E-state index in [0.29, 0.717) is 5.02 Å². The minimum Gasteiger partial charge on any atom is -0.317 e. The molecule has 0 radical (unpaired) electrons. The molecule has 0 amide bonds. The van der Waals surface area contributed by atoms with Gasteiger partial charge in [-0.2, -0.15) is 0 Å². The average molecular weight is 297 g/mol. The van der Waals surface area contributed by atoms with Crippen LogP contribution in [0.3, 0.4) is 0 Å². The van der Waals surface area contributed by atoms with Crippen LogP contribution in [0.1, 0.15) is 24.8 Å². The van der Waals surface area contributed by atoms with E-state index in [0.717, 1.165) is 41.6 Å². The van der Waals surface area contributed by atoms with Crippen LogP contribution in [0.5, 0.6) is 0 Å². The summed E-state index contributed by atoms with van der Waals surface area (Å²) < 4.78 is 0. The van der Waals surface area contributed by atoms with E-state index in [-0.39, 0.29) is 0 Å². The van der Waals surface area contributed by atoms with E-state index in [2.05, 4.69) is 27.4 Å². The highest BCUT2D eigenvalue weighted by molar-refractivity contribution is 7.14. The van der Waals surface area contributed by atoms with E-state index in [4.69, 9.17) is 11.6 Å². The van der Waals surface area contributed by atoms with Gasteiger partial charge in [-0.3, -0.25) is 4.98 Å². The molecule has 0 aromatic carbocycles. The molecule has 6 heteroatoms. The minimum atomic E-state index is 0.635. The summed E-state index contributed by atoms with van der Waals surface area (Å²) in [7, 11) is 0. The van der Waals surface area contributed by atoms with Gasteiger partial charge < -0.3 is 5.32 Å². The molecule has 2 rings (SSSR count). The van der Waals surface area contributed by atoms with E-state index in [9.17, 15) is 0 Å². The Bertz CT molecular complexity index is 498. The van der Waals surface area contributed by atoms with Crippen LogP contribution in [-0.4, -0.2) is 28.3 Å². The lowest BCUT2D eigenvalue weighted by Gasteiger charge is -1.99. The smallest absolute Gasteiger partial charge is 0.166 e. The quantitative estimate of drug-likeness (QED) is 0.797. The van der Waals surface area contributed by atoms with Gasteiger partial charge in [0.15, 0.2) is 5.01 Å². The van der Waals surface area contributed by atoms with Crippen molar-refractivity contribution in [3.63, 3.8) is 0 Å². The number of aromatic nitrogens is 3. The summed E-state index contributed by atoms with van der Waals surface area (Å²) in [6, 6.07) is 3.69. The molecule has 0 bridgehead atoms. The Balaban J connectivity index is 1.86. The first-order valence-electron chi connectivity index (χ1n) is 6.44. The van der Waals surface area contributed by atoms with Crippen molar-refractivity contribution in [2.24, 2.45) is 0 Å². The second-order valence-corrected chi connectivity index (χ2v) is 5.71. The maximum atomic E-state index is 5.81. The Morgan fingerprint density at radius 2 is 2.16 bits per heavy atom. The van der Waals surface area contributed by atoms with Gasteiger partial charge in [0.2, 0.25) is 0 Å². The second kappa shape index (κ2) is 7.53. The predicted octanol–water partition coefficient (Wildman–Crippen LogP) is 3.19. The summed E-state index contributed by atoms with van der Waals surface area (Å²) in [4.78, 5) is 4.25. The van der Waals surface area contributed by atoms with E-state index in [1.165, 1.54) is 6.42 Å². The zero-order valence-electron chi connectivity index (χ0n) is 10.9. The molecule has 0 atom stereocenters. The number of nitrogens with one attached hydrogen (secondary N) is 1. The number of hydrogen-bond donors (Lipinski definition) is 1. The first-order valence-corrected chi connectivity index (χ1v) is 7.64. The van der Waals surface area contributed by atoms with Crippen molar-refractivity contribution < 1.29 is 0 Å². The summed E-state index contributed by atoms with van der Waals surface area (Å²) in [6.45, 7) is 4.28. The summed E-state index contributed by atoms with van der Waals surface area (Å²) >= 11 is 7.41. The SMILES string of the molecule is CCCNCCCc1nnc(-c2ccc(Cl)cn2)s1. The summed E-state index contributed by atoms with van der Waals surface area (Å²) in [6.07, 6.45) is 4.85. The van der Waals surface area contributed by atoms with Crippen LogP contribution >= 0.6 is 22.9 Å². The zero-order chi connectivity index (χ0) is 13.5. The van der Waals surface area contributed by atoms with Crippen LogP contribution in [0.2, 0.25) is 5.02 Å². The molecule has 0 aliphatic rings. The van der Waals surface area contributed by atoms with Gasteiger partial charge in [0.25, 0.3) is 0 Å². The molecular formula is C13H17ClN4S. The molecule has 102 valence electrons. The largest absolute Gasteiger partial charge is 0.317 e. The Morgan fingerprint density at radius 3 is 2.89 bits per heavy atom. The Labute approximate surface area is 122 Å². The molecule has 0 aliphatic heterocycles. The molecule has 2 heterocycles. The highest BCUT2D eigenvalue weighted by Crippen LogP contribution is 2.23. The third kappa shape index (κ3) is 4.53. The van der Waals surface area contributed by atoms with Gasteiger partial charge in [-0.05, 0) is 38.1 Å². The van der Waals surface area contributed by atoms with Crippen LogP contribution in [-0.2, 0) is 6.42 Å². The third-order valence-electron chi connectivity index (χ3n) is 2.58. The fraction of sp³-hybridized carbons (Fsp3) is 0.462. The van der Waals surface area contributed by atoms with Gasteiger partial charge in [0.1, 0.15) is 10.7 Å². The van der Waals surface area contributed by atoms with Gasteiger partial charge in [0, 0.05) is 12.6 Å². The summed E-state index contributed by atoms with van der Waals surface area (Å²) in [5, 5.41) is 14.3. The Morgan fingerprint density at radius 1 is 1.26 bits per heavy atom. The van der Waals surface area contributed by atoms with Crippen molar-refractivity contribution in [2.75, 3.05) is 13.1 Å². The predicted molar refractivity (Wildman–Crippen MR) is 79.6 cm³/mol. The molecule has 1 N–H and O–H groups in total. The van der Waals surface area contributed by atoms with Crippen LogP contribution < -0.4 is 5.32 Å². The van der Waals surface area contributed by atoms with E-state index >= 15 is 0 Å². The molecule has 0 fully saturated rings. The average Bonchev–Trinajstić information content (AvgIpc) is 2.88. The van der Waals surface area contributed by atoms with Crippen LogP contribution in [0.4, 0.5) is 0 Å². The van der Waals surface area contributed by atoms with Crippen molar-refractivity contribution in [3.05, 3.63) is 28.4 Å². The summed E-state index contributed by atoms with van der Waals surface area (Å²) in [5.41, 5.74) is 0.831. The fourth-order valence-electron chi connectivity index (χ4n) is 1.63. The maximum absolute atomic E-state index is 5.81. The standard InChI is InChI=1S/C13H17ClN4S/c1-2-7-15-8-3-4-12-17-18-13(19-12)11-6-5-10(14)9-16-11/h5-6,9,15H,2-4,7-8H2,1H3. The fourth-order valence-corrected chi connectivity index (χ4v) is 2.60. The van der Waals surface area contributed by atoms with Crippen LogP contribution in [0, 0.1) is 0 Å². The first kappa shape index (κ1) is 14.4. The molecular weight excluding hydrogens is 280 g/mol. The number of nitrogens with zero attached hydrogens (tertiary/aromatic N) is 3. The van der Waals surface area contributed by atoms with Crippen molar-refractivity contribution in [2.45, 2.75) is 26.2 Å². The number of pyridine rings is 1. The van der Waals surface area contributed by atoms with Crippen LogP contribution in [0.15, 0.2) is 18.3 Å². The number of halogens is 1. The number of hydrogen-bond acceptors (Lipinski definition) is 5. The van der Waals surface area contributed by atoms with Crippen molar-refractivity contribution in [1.29, 1.82) is 0 Å². The summed E-state index contributed by atoms with van der Waals surface area (Å²) in [5.74, 6) is 0. The molecule has 0 aliphatic carbocycles. The highest BCUT2D eigenvalue weighted by atomic mass is 35.5.